The fourth-order valence-electron chi connectivity index (χ4n) is 3.46. The molecule has 0 aliphatic heterocycles. The summed E-state index contributed by atoms with van der Waals surface area (Å²) in [6.45, 7) is 2.13. The molecule has 0 spiro atoms. The predicted octanol–water partition coefficient (Wildman–Crippen LogP) is 3.95. The van der Waals surface area contributed by atoms with Crippen LogP contribution in [0.2, 0.25) is 0 Å². The van der Waals surface area contributed by atoms with Crippen LogP contribution in [0.15, 0.2) is 47.3 Å². The van der Waals surface area contributed by atoms with E-state index in [-0.39, 0.29) is 12.5 Å². The van der Waals surface area contributed by atoms with Crippen LogP contribution in [0.4, 0.5) is 0 Å². The normalized spacial score (nSPS) is 10.9. The second-order valence-electron chi connectivity index (χ2n) is 6.83. The van der Waals surface area contributed by atoms with Gasteiger partial charge in [0.05, 0.1) is 34.1 Å². The van der Waals surface area contributed by atoms with Gasteiger partial charge in [-0.3, -0.25) is 14.5 Å². The Balaban J connectivity index is 1.74. The first kappa shape index (κ1) is 21.2. The molecule has 0 fully saturated rings. The van der Waals surface area contributed by atoms with Gasteiger partial charge in [-0.05, 0) is 25.1 Å². The Hall–Kier alpha value is -4.01. The van der Waals surface area contributed by atoms with Crippen LogP contribution in [0.3, 0.4) is 0 Å². The van der Waals surface area contributed by atoms with Crippen molar-refractivity contribution in [3.63, 3.8) is 0 Å². The third-order valence-electron chi connectivity index (χ3n) is 4.90. The molecule has 32 heavy (non-hydrogen) atoms. The van der Waals surface area contributed by atoms with Gasteiger partial charge in [0.1, 0.15) is 17.8 Å². The maximum atomic E-state index is 11.7. The standard InChI is InChI=1S/C23H23N3O6/c1-5-31-21(27)13-26-12-15(11-25-26)16-6-7-24-17-10-18(32-22(16)17)14-8-19(28-2)23(30-4)20(9-14)29-3/h6-12H,5,13H2,1-4H3. The number of ether oxygens (including phenoxy) is 4. The number of carbonyl (C=O) groups excluding carboxylic acids is 1. The molecule has 0 aliphatic carbocycles. The topological polar surface area (TPSA) is 97.8 Å². The molecule has 9 heteroatoms. The van der Waals surface area contributed by atoms with Gasteiger partial charge in [0.25, 0.3) is 0 Å². The molecule has 0 bridgehead atoms. The number of aromatic nitrogens is 3. The molecule has 0 atom stereocenters. The minimum absolute atomic E-state index is 0.0386. The second kappa shape index (κ2) is 9.01. The van der Waals surface area contributed by atoms with Crippen LogP contribution in [0.5, 0.6) is 17.2 Å². The third kappa shape index (κ3) is 3.96. The van der Waals surface area contributed by atoms with E-state index in [0.717, 1.165) is 16.7 Å². The molecule has 9 nitrogen and oxygen atoms in total. The minimum atomic E-state index is -0.343. The molecule has 4 aromatic rings. The number of benzene rings is 1. The lowest BCUT2D eigenvalue weighted by Gasteiger charge is -2.13. The lowest BCUT2D eigenvalue weighted by molar-refractivity contribution is -0.144. The number of esters is 1. The number of nitrogens with zero attached hydrogens (tertiary/aromatic N) is 3. The Morgan fingerprint density at radius 2 is 1.81 bits per heavy atom. The van der Waals surface area contributed by atoms with Gasteiger partial charge in [-0.25, -0.2) is 0 Å². The zero-order chi connectivity index (χ0) is 22.7. The number of hydrogen-bond acceptors (Lipinski definition) is 8. The predicted molar refractivity (Wildman–Crippen MR) is 117 cm³/mol. The smallest absolute Gasteiger partial charge is 0.327 e. The fraction of sp³-hybridized carbons (Fsp3) is 0.261. The highest BCUT2D eigenvalue weighted by Gasteiger charge is 2.18. The van der Waals surface area contributed by atoms with Gasteiger partial charge in [0.2, 0.25) is 5.75 Å². The highest BCUT2D eigenvalue weighted by atomic mass is 16.5. The Bertz CT molecular complexity index is 1230. The summed E-state index contributed by atoms with van der Waals surface area (Å²) in [6.07, 6.45) is 5.15. The van der Waals surface area contributed by atoms with E-state index < -0.39 is 0 Å². The van der Waals surface area contributed by atoms with Crippen molar-refractivity contribution in [1.29, 1.82) is 0 Å². The number of rotatable bonds is 8. The Morgan fingerprint density at radius 3 is 2.47 bits per heavy atom. The molecule has 0 saturated heterocycles. The molecule has 1 aromatic carbocycles. The molecule has 0 unspecified atom stereocenters. The van der Waals surface area contributed by atoms with Gasteiger partial charge >= 0.3 is 5.97 Å². The summed E-state index contributed by atoms with van der Waals surface area (Å²) >= 11 is 0. The third-order valence-corrected chi connectivity index (χ3v) is 4.90. The van der Waals surface area contributed by atoms with Crippen LogP contribution in [0, 0.1) is 0 Å². The van der Waals surface area contributed by atoms with Crippen molar-refractivity contribution in [2.75, 3.05) is 27.9 Å². The molecular weight excluding hydrogens is 414 g/mol. The Morgan fingerprint density at radius 1 is 1.06 bits per heavy atom. The van der Waals surface area contributed by atoms with E-state index >= 15 is 0 Å². The Labute approximate surface area is 184 Å². The minimum Gasteiger partial charge on any atom is -0.493 e. The van der Waals surface area contributed by atoms with Gasteiger partial charge in [0, 0.05) is 35.2 Å². The fourth-order valence-corrected chi connectivity index (χ4v) is 3.46. The molecule has 3 heterocycles. The zero-order valence-corrected chi connectivity index (χ0v) is 18.2. The van der Waals surface area contributed by atoms with Gasteiger partial charge in [-0.2, -0.15) is 5.10 Å². The van der Waals surface area contributed by atoms with E-state index in [0.29, 0.717) is 40.7 Å². The highest BCUT2D eigenvalue weighted by molar-refractivity contribution is 5.92. The summed E-state index contributed by atoms with van der Waals surface area (Å²) in [7, 11) is 4.68. The van der Waals surface area contributed by atoms with Crippen molar-refractivity contribution in [1.82, 2.24) is 14.8 Å². The first-order chi connectivity index (χ1) is 15.6. The number of methoxy groups -OCH3 is 3. The van der Waals surface area contributed by atoms with E-state index in [9.17, 15) is 4.79 Å². The van der Waals surface area contributed by atoms with Gasteiger partial charge < -0.3 is 23.4 Å². The lowest BCUT2D eigenvalue weighted by Crippen LogP contribution is -2.13. The molecule has 3 aromatic heterocycles. The average Bonchev–Trinajstić information content (AvgIpc) is 3.45. The van der Waals surface area contributed by atoms with E-state index in [2.05, 4.69) is 10.1 Å². The van der Waals surface area contributed by atoms with Crippen LogP contribution in [0.1, 0.15) is 6.92 Å². The van der Waals surface area contributed by atoms with Crippen LogP contribution in [0.25, 0.3) is 33.6 Å². The quantitative estimate of drug-likeness (QED) is 0.382. The highest BCUT2D eigenvalue weighted by Crippen LogP contribution is 2.42. The summed E-state index contributed by atoms with van der Waals surface area (Å²) in [5.41, 5.74) is 3.65. The van der Waals surface area contributed by atoms with Crippen molar-refractivity contribution >= 4 is 17.1 Å². The maximum Gasteiger partial charge on any atom is 0.327 e. The second-order valence-corrected chi connectivity index (χ2v) is 6.83. The molecular formula is C23H23N3O6. The van der Waals surface area contributed by atoms with Gasteiger partial charge in [-0.1, -0.05) is 0 Å². The number of fused-ring (bicyclic) bond motifs is 1. The first-order valence-corrected chi connectivity index (χ1v) is 9.95. The summed E-state index contributed by atoms with van der Waals surface area (Å²) in [4.78, 5) is 16.2. The van der Waals surface area contributed by atoms with E-state index in [1.54, 1.807) is 46.8 Å². The van der Waals surface area contributed by atoms with Crippen molar-refractivity contribution in [2.45, 2.75) is 13.5 Å². The van der Waals surface area contributed by atoms with E-state index in [4.69, 9.17) is 23.4 Å². The van der Waals surface area contributed by atoms with Crippen molar-refractivity contribution < 1.29 is 28.2 Å². The number of furan rings is 1. The van der Waals surface area contributed by atoms with Crippen LogP contribution < -0.4 is 14.2 Å². The van der Waals surface area contributed by atoms with Crippen LogP contribution in [-0.2, 0) is 16.1 Å². The summed E-state index contributed by atoms with van der Waals surface area (Å²) in [6, 6.07) is 7.32. The summed E-state index contributed by atoms with van der Waals surface area (Å²) in [5.74, 6) is 1.80. The lowest BCUT2D eigenvalue weighted by atomic mass is 10.1. The monoisotopic (exact) mass is 437 g/mol. The van der Waals surface area contributed by atoms with E-state index in [1.807, 2.05) is 24.3 Å². The summed E-state index contributed by atoms with van der Waals surface area (Å²) < 4.78 is 29.0. The van der Waals surface area contributed by atoms with Gasteiger partial charge in [0.15, 0.2) is 17.1 Å². The average molecular weight is 437 g/mol. The van der Waals surface area contributed by atoms with Crippen molar-refractivity contribution in [3.8, 4) is 39.7 Å². The molecule has 0 amide bonds. The van der Waals surface area contributed by atoms with Crippen molar-refractivity contribution in [3.05, 3.63) is 42.9 Å². The van der Waals surface area contributed by atoms with Crippen LogP contribution in [-0.4, -0.2) is 48.7 Å². The first-order valence-electron chi connectivity index (χ1n) is 9.95. The van der Waals surface area contributed by atoms with Crippen LogP contribution >= 0.6 is 0 Å². The van der Waals surface area contributed by atoms with Gasteiger partial charge in [-0.15, -0.1) is 0 Å². The molecule has 0 N–H and O–H groups in total. The number of pyridine rings is 1. The van der Waals surface area contributed by atoms with E-state index in [1.165, 1.54) is 4.68 Å². The molecule has 0 radical (unpaired) electrons. The SMILES string of the molecule is CCOC(=O)Cn1cc(-c2ccnc3cc(-c4cc(OC)c(OC)c(OC)c4)oc23)cn1. The molecule has 0 aliphatic rings. The number of carbonyl (C=O) groups is 1. The summed E-state index contributed by atoms with van der Waals surface area (Å²) in [5, 5.41) is 4.26. The largest absolute Gasteiger partial charge is 0.493 e. The zero-order valence-electron chi connectivity index (χ0n) is 18.2. The number of hydrogen-bond donors (Lipinski definition) is 0. The molecule has 0 saturated carbocycles. The molecule has 4 rings (SSSR count). The maximum absolute atomic E-state index is 11.7. The van der Waals surface area contributed by atoms with Crippen molar-refractivity contribution in [2.24, 2.45) is 0 Å². The Kier molecular flexibility index (Phi) is 5.98. The molecule has 166 valence electrons.